The SMILES string of the molecule is Cc1cn([C@H]2C[C@H](OCc3ccccc3)[C@@H](COCc3ccccc3)O2)c(=O)[nH]c1=O. The number of benzene rings is 2. The molecular weight excluding hydrogens is 396 g/mol. The molecule has 0 amide bonds. The molecule has 1 aliphatic heterocycles. The minimum Gasteiger partial charge on any atom is -0.374 e. The monoisotopic (exact) mass is 422 g/mol. The van der Waals surface area contributed by atoms with Crippen LogP contribution in [0.4, 0.5) is 0 Å². The number of nitrogens with one attached hydrogen (secondary N) is 1. The Hall–Kier alpha value is -3.00. The van der Waals surface area contributed by atoms with Gasteiger partial charge in [0.25, 0.3) is 5.56 Å². The Morgan fingerprint density at radius 3 is 2.32 bits per heavy atom. The molecule has 0 radical (unpaired) electrons. The highest BCUT2D eigenvalue weighted by atomic mass is 16.6. The second kappa shape index (κ2) is 9.87. The number of H-pyrrole nitrogens is 1. The zero-order chi connectivity index (χ0) is 21.6. The first-order valence-corrected chi connectivity index (χ1v) is 10.3. The first-order valence-electron chi connectivity index (χ1n) is 10.3. The summed E-state index contributed by atoms with van der Waals surface area (Å²) in [6.07, 6.45) is 0.899. The molecule has 1 fully saturated rings. The number of hydrogen-bond acceptors (Lipinski definition) is 5. The van der Waals surface area contributed by atoms with E-state index in [0.29, 0.717) is 31.8 Å². The van der Waals surface area contributed by atoms with Gasteiger partial charge in [0.05, 0.1) is 25.9 Å². The van der Waals surface area contributed by atoms with Crippen molar-refractivity contribution in [2.24, 2.45) is 0 Å². The lowest BCUT2D eigenvalue weighted by molar-refractivity contribution is -0.0832. The maximum absolute atomic E-state index is 12.3. The van der Waals surface area contributed by atoms with E-state index in [1.165, 1.54) is 10.8 Å². The molecule has 31 heavy (non-hydrogen) atoms. The Morgan fingerprint density at radius 2 is 1.65 bits per heavy atom. The van der Waals surface area contributed by atoms with Crippen molar-refractivity contribution in [3.63, 3.8) is 0 Å². The highest BCUT2D eigenvalue weighted by Gasteiger charge is 2.37. The van der Waals surface area contributed by atoms with Crippen molar-refractivity contribution in [2.75, 3.05) is 6.61 Å². The average molecular weight is 422 g/mol. The summed E-state index contributed by atoms with van der Waals surface area (Å²) in [7, 11) is 0. The molecule has 7 heteroatoms. The summed E-state index contributed by atoms with van der Waals surface area (Å²) in [6.45, 7) is 2.90. The first kappa shape index (κ1) is 21.2. The van der Waals surface area contributed by atoms with Gasteiger partial charge >= 0.3 is 5.69 Å². The first-order chi connectivity index (χ1) is 15.1. The van der Waals surface area contributed by atoms with Gasteiger partial charge < -0.3 is 14.2 Å². The van der Waals surface area contributed by atoms with E-state index in [0.717, 1.165) is 11.1 Å². The number of nitrogens with zero attached hydrogens (tertiary/aromatic N) is 1. The number of aryl methyl sites for hydroxylation is 1. The molecule has 1 aliphatic rings. The normalized spacial score (nSPS) is 20.7. The molecule has 2 heterocycles. The standard InChI is InChI=1S/C24H26N2O5/c1-17-13-26(24(28)25-23(17)27)22-12-20(30-15-19-10-6-3-7-11-19)21(31-22)16-29-14-18-8-4-2-5-9-18/h2-11,13,20-22H,12,14-16H2,1H3,(H,25,27,28)/t20-,21+,22+/m0/s1. The van der Waals surface area contributed by atoms with Crippen molar-refractivity contribution in [1.29, 1.82) is 0 Å². The van der Waals surface area contributed by atoms with Crippen LogP contribution in [0, 0.1) is 6.92 Å². The minimum absolute atomic E-state index is 0.250. The van der Waals surface area contributed by atoms with Crippen LogP contribution in [-0.4, -0.2) is 28.4 Å². The Morgan fingerprint density at radius 1 is 1.00 bits per heavy atom. The molecular formula is C24H26N2O5. The molecule has 0 unspecified atom stereocenters. The number of aromatic amines is 1. The zero-order valence-electron chi connectivity index (χ0n) is 17.4. The van der Waals surface area contributed by atoms with E-state index in [2.05, 4.69) is 4.98 Å². The number of aromatic nitrogens is 2. The largest absolute Gasteiger partial charge is 0.374 e. The van der Waals surface area contributed by atoms with Gasteiger partial charge in [-0.2, -0.15) is 0 Å². The van der Waals surface area contributed by atoms with E-state index >= 15 is 0 Å². The third-order valence-corrected chi connectivity index (χ3v) is 5.34. The van der Waals surface area contributed by atoms with Crippen LogP contribution in [0.25, 0.3) is 0 Å². The molecule has 7 nitrogen and oxygen atoms in total. The van der Waals surface area contributed by atoms with Gasteiger partial charge in [0, 0.05) is 18.2 Å². The van der Waals surface area contributed by atoms with Crippen molar-refractivity contribution in [1.82, 2.24) is 9.55 Å². The quantitative estimate of drug-likeness (QED) is 0.604. The van der Waals surface area contributed by atoms with Crippen LogP contribution >= 0.6 is 0 Å². The highest BCUT2D eigenvalue weighted by molar-refractivity contribution is 5.14. The molecule has 2 aromatic carbocycles. The number of rotatable bonds is 8. The van der Waals surface area contributed by atoms with Crippen molar-refractivity contribution in [3.8, 4) is 0 Å². The van der Waals surface area contributed by atoms with Gasteiger partial charge in [0.2, 0.25) is 0 Å². The lowest BCUT2D eigenvalue weighted by Gasteiger charge is -2.19. The maximum atomic E-state index is 12.3. The van der Waals surface area contributed by atoms with Crippen LogP contribution in [-0.2, 0) is 27.4 Å². The molecule has 1 saturated heterocycles. The number of hydrogen-bond donors (Lipinski definition) is 1. The van der Waals surface area contributed by atoms with Gasteiger partial charge in [-0.25, -0.2) is 4.79 Å². The molecule has 1 aromatic heterocycles. The summed E-state index contributed by atoms with van der Waals surface area (Å²) in [4.78, 5) is 26.4. The molecule has 3 aromatic rings. The topological polar surface area (TPSA) is 82.6 Å². The summed E-state index contributed by atoms with van der Waals surface area (Å²) in [5, 5.41) is 0. The Bertz CT molecular complexity index is 1090. The third-order valence-electron chi connectivity index (χ3n) is 5.34. The fourth-order valence-corrected chi connectivity index (χ4v) is 3.64. The second-order valence-corrected chi connectivity index (χ2v) is 7.68. The predicted octanol–water partition coefficient (Wildman–Crippen LogP) is 2.93. The van der Waals surface area contributed by atoms with E-state index in [9.17, 15) is 9.59 Å². The molecule has 162 valence electrons. The summed E-state index contributed by atoms with van der Waals surface area (Å²) in [6, 6.07) is 19.8. The summed E-state index contributed by atoms with van der Waals surface area (Å²) in [5.41, 5.74) is 1.71. The Labute approximate surface area is 180 Å². The van der Waals surface area contributed by atoms with Gasteiger partial charge in [-0.15, -0.1) is 0 Å². The van der Waals surface area contributed by atoms with Crippen LogP contribution in [0.15, 0.2) is 76.4 Å². The average Bonchev–Trinajstić information content (AvgIpc) is 3.19. The lowest BCUT2D eigenvalue weighted by atomic mass is 10.1. The highest BCUT2D eigenvalue weighted by Crippen LogP contribution is 2.31. The Balaban J connectivity index is 1.46. The fraction of sp³-hybridized carbons (Fsp3) is 0.333. The third kappa shape index (κ3) is 5.38. The Kier molecular flexibility index (Phi) is 6.76. The van der Waals surface area contributed by atoms with E-state index in [4.69, 9.17) is 14.2 Å². The number of ether oxygens (including phenoxy) is 3. The summed E-state index contributed by atoms with van der Waals surface area (Å²) in [5.74, 6) is 0. The predicted molar refractivity (Wildman–Crippen MR) is 116 cm³/mol. The molecule has 0 aliphatic carbocycles. The van der Waals surface area contributed by atoms with Crippen LogP contribution in [0.5, 0.6) is 0 Å². The van der Waals surface area contributed by atoms with E-state index in [1.54, 1.807) is 6.92 Å². The van der Waals surface area contributed by atoms with Crippen molar-refractivity contribution in [2.45, 2.75) is 45.0 Å². The van der Waals surface area contributed by atoms with Crippen LogP contribution < -0.4 is 11.2 Å². The summed E-state index contributed by atoms with van der Waals surface area (Å²) < 4.78 is 19.6. The molecule has 0 bridgehead atoms. The van der Waals surface area contributed by atoms with E-state index < -0.39 is 11.9 Å². The van der Waals surface area contributed by atoms with E-state index in [-0.39, 0.29) is 17.8 Å². The van der Waals surface area contributed by atoms with Crippen molar-refractivity contribution < 1.29 is 14.2 Å². The van der Waals surface area contributed by atoms with Gasteiger partial charge in [0.15, 0.2) is 0 Å². The minimum atomic E-state index is -0.533. The van der Waals surface area contributed by atoms with Gasteiger partial charge in [0.1, 0.15) is 12.3 Å². The van der Waals surface area contributed by atoms with Gasteiger partial charge in [-0.1, -0.05) is 60.7 Å². The van der Waals surface area contributed by atoms with Crippen LogP contribution in [0.3, 0.4) is 0 Å². The van der Waals surface area contributed by atoms with Gasteiger partial charge in [-0.05, 0) is 18.1 Å². The second-order valence-electron chi connectivity index (χ2n) is 7.68. The molecule has 0 saturated carbocycles. The maximum Gasteiger partial charge on any atom is 0.330 e. The molecule has 0 spiro atoms. The smallest absolute Gasteiger partial charge is 0.330 e. The molecule has 4 rings (SSSR count). The van der Waals surface area contributed by atoms with Crippen LogP contribution in [0.2, 0.25) is 0 Å². The molecule has 1 N–H and O–H groups in total. The van der Waals surface area contributed by atoms with Crippen LogP contribution in [0.1, 0.15) is 29.3 Å². The van der Waals surface area contributed by atoms with Gasteiger partial charge in [-0.3, -0.25) is 14.3 Å². The lowest BCUT2D eigenvalue weighted by Crippen LogP contribution is -2.33. The summed E-state index contributed by atoms with van der Waals surface area (Å²) >= 11 is 0. The van der Waals surface area contributed by atoms with Crippen molar-refractivity contribution >= 4 is 0 Å². The molecule has 3 atom stereocenters. The fourth-order valence-electron chi connectivity index (χ4n) is 3.64. The zero-order valence-corrected chi connectivity index (χ0v) is 17.4. The van der Waals surface area contributed by atoms with Crippen molar-refractivity contribution in [3.05, 3.63) is 104 Å². The van der Waals surface area contributed by atoms with E-state index in [1.807, 2.05) is 60.7 Å².